The van der Waals surface area contributed by atoms with E-state index < -0.39 is 0 Å². The van der Waals surface area contributed by atoms with Crippen LogP contribution in [0.1, 0.15) is 120 Å². The quantitative estimate of drug-likeness (QED) is 0.116. The molecule has 4 nitrogen and oxygen atoms in total. The summed E-state index contributed by atoms with van der Waals surface area (Å²) in [5.74, 6) is 0. The van der Waals surface area contributed by atoms with Crippen LogP contribution in [0.4, 0.5) is 0 Å². The van der Waals surface area contributed by atoms with E-state index in [1.165, 1.54) is 85.6 Å². The maximum absolute atomic E-state index is 11.5. The predicted octanol–water partition coefficient (Wildman–Crippen LogP) is 9.53. The number of hydrogen-bond donors (Lipinski definition) is 2. The molecule has 0 aliphatic carbocycles. The zero-order valence-corrected chi connectivity index (χ0v) is 26.7. The molecule has 0 aromatic heterocycles. The van der Waals surface area contributed by atoms with Crippen LogP contribution in [0.2, 0.25) is 0 Å². The van der Waals surface area contributed by atoms with Gasteiger partial charge in [-0.15, -0.1) is 0 Å². The molecule has 1 aliphatic rings. The van der Waals surface area contributed by atoms with Crippen LogP contribution in [0.25, 0.3) is 16.9 Å². The Morgan fingerprint density at radius 2 is 1.05 bits per heavy atom. The van der Waals surface area contributed by atoms with Crippen LogP contribution < -0.4 is 0 Å². The maximum atomic E-state index is 11.5. The van der Waals surface area contributed by atoms with E-state index in [2.05, 4.69) is 75.4 Å². The van der Waals surface area contributed by atoms with Gasteiger partial charge in [-0.3, -0.25) is 0 Å². The van der Waals surface area contributed by atoms with Crippen LogP contribution in [-0.4, -0.2) is 29.1 Å². The summed E-state index contributed by atoms with van der Waals surface area (Å²) >= 11 is 0. The van der Waals surface area contributed by atoms with Gasteiger partial charge in [-0.1, -0.05) is 96.4 Å². The van der Waals surface area contributed by atoms with Crippen molar-refractivity contribution < 1.29 is 31.4 Å². The second-order valence-corrected chi connectivity index (χ2v) is 10.2. The molecule has 0 amide bonds. The average Bonchev–Trinajstić information content (AvgIpc) is 3.32. The first-order valence-electron chi connectivity index (χ1n) is 15.2. The Balaban J connectivity index is 0.00000291. The number of aryl methyl sites for hydroxylation is 2. The van der Waals surface area contributed by atoms with Crippen molar-refractivity contribution in [3.63, 3.8) is 0 Å². The van der Waals surface area contributed by atoms with Crippen molar-refractivity contribution >= 4 is 11.4 Å². The summed E-state index contributed by atoms with van der Waals surface area (Å²) < 4.78 is 1.47. The van der Waals surface area contributed by atoms with Gasteiger partial charge < -0.3 is 15.7 Å². The molecule has 2 aromatic rings. The molecule has 40 heavy (non-hydrogen) atoms. The fourth-order valence-corrected chi connectivity index (χ4v) is 5.09. The second-order valence-electron chi connectivity index (χ2n) is 10.2. The zero-order valence-electron chi connectivity index (χ0n) is 25.7. The molecule has 0 bridgehead atoms. The van der Waals surface area contributed by atoms with E-state index in [9.17, 15) is 5.53 Å². The smallest absolute Gasteiger partial charge is 0.210 e. The number of aliphatic hydroxyl groups is 2. The number of unbranched alkanes of at least 4 members (excludes halogenated alkanes) is 8. The third-order valence-corrected chi connectivity index (χ3v) is 7.17. The number of nitrogens with zero attached hydrogens (tertiary/aromatic N) is 2. The third-order valence-electron chi connectivity index (χ3n) is 7.17. The second kappa shape index (κ2) is 23.6. The number of rotatable bonds is 16. The van der Waals surface area contributed by atoms with Gasteiger partial charge in [0.15, 0.2) is 0 Å². The van der Waals surface area contributed by atoms with Crippen molar-refractivity contribution in [2.24, 2.45) is 0 Å². The van der Waals surface area contributed by atoms with E-state index in [1.54, 1.807) is 0 Å². The molecule has 226 valence electrons. The van der Waals surface area contributed by atoms with E-state index in [0.717, 1.165) is 62.4 Å². The Labute approximate surface area is 255 Å². The Kier molecular flexibility index (Phi) is 22.4. The molecule has 2 aromatic carbocycles. The number of allylic oxidation sites excluding steroid dienone is 2. The van der Waals surface area contributed by atoms with Gasteiger partial charge in [-0.05, 0) is 73.9 Å². The summed E-state index contributed by atoms with van der Waals surface area (Å²) in [5.41, 5.74) is 19.6. The summed E-state index contributed by atoms with van der Waals surface area (Å²) in [4.78, 5) is 0. The van der Waals surface area contributed by atoms with Crippen LogP contribution in [0.3, 0.4) is 0 Å². The normalized spacial score (nSPS) is 12.2. The summed E-state index contributed by atoms with van der Waals surface area (Å²) in [7, 11) is 2.00. The molecule has 1 aliphatic heterocycles. The molecule has 1 heterocycles. The first-order valence-corrected chi connectivity index (χ1v) is 15.2. The standard InChI is InChI=1S/C33H46N2.2CH4O.Ni/c1-4-7-10-13-17-27-19-15-22-29(24-27)32-26-31(21-12-9-6-3)33(35(32)34)30-23-16-20-28(25-30)18-14-11-8-5-2;2*1-2;/h15-16,19-20,22-26H,4-14,17-18,21H2,1-3H3;2*2H,1H3;. The number of aliphatic hydroxyl groups excluding tert-OH is 2. The van der Waals surface area contributed by atoms with Gasteiger partial charge in [0.2, 0.25) is 11.4 Å². The molecular formula is C35H54N2NiO2. The van der Waals surface area contributed by atoms with E-state index >= 15 is 0 Å². The van der Waals surface area contributed by atoms with Crippen molar-refractivity contribution in [1.82, 2.24) is 0 Å². The summed E-state index contributed by atoms with van der Waals surface area (Å²) in [6, 6.07) is 17.6. The van der Waals surface area contributed by atoms with Gasteiger partial charge in [0.05, 0.1) is 0 Å². The fraction of sp³-hybridized carbons (Fsp3) is 0.543. The summed E-state index contributed by atoms with van der Waals surface area (Å²) in [6.45, 7) is 6.77. The summed E-state index contributed by atoms with van der Waals surface area (Å²) in [5, 5.41) is 14.0. The van der Waals surface area contributed by atoms with E-state index in [-0.39, 0.29) is 16.5 Å². The van der Waals surface area contributed by atoms with Crippen LogP contribution in [0.5, 0.6) is 0 Å². The summed E-state index contributed by atoms with van der Waals surface area (Å²) in [6.07, 6.45) is 19.2. The molecule has 0 saturated heterocycles. The van der Waals surface area contributed by atoms with Gasteiger partial charge in [0.25, 0.3) is 0 Å². The van der Waals surface area contributed by atoms with Crippen LogP contribution >= 0.6 is 0 Å². The van der Waals surface area contributed by atoms with Crippen molar-refractivity contribution in [2.75, 3.05) is 14.2 Å². The van der Waals surface area contributed by atoms with E-state index in [4.69, 9.17) is 10.2 Å². The minimum Gasteiger partial charge on any atom is -0.493 e. The van der Waals surface area contributed by atoms with Crippen molar-refractivity contribution in [2.45, 2.75) is 111 Å². The Morgan fingerprint density at radius 1 is 0.600 bits per heavy atom. The monoisotopic (exact) mass is 592 g/mol. The maximum Gasteiger partial charge on any atom is 0.210 e. The van der Waals surface area contributed by atoms with Gasteiger partial charge in [0, 0.05) is 53.5 Å². The minimum absolute atomic E-state index is 0. The molecule has 0 atom stereocenters. The van der Waals surface area contributed by atoms with E-state index in [0.29, 0.717) is 0 Å². The number of benzene rings is 2. The van der Waals surface area contributed by atoms with Crippen LogP contribution in [-0.2, 0) is 29.3 Å². The first kappa shape index (κ1) is 37.9. The van der Waals surface area contributed by atoms with Crippen LogP contribution in [0, 0.1) is 0 Å². The Hall–Kier alpha value is -2.07. The van der Waals surface area contributed by atoms with Crippen molar-refractivity contribution in [3.8, 4) is 0 Å². The Bertz CT molecular complexity index is 1030. The molecule has 0 radical (unpaired) electrons. The molecule has 2 N–H and O–H groups in total. The van der Waals surface area contributed by atoms with Gasteiger partial charge in [-0.25, -0.2) is 4.70 Å². The van der Waals surface area contributed by atoms with Crippen molar-refractivity contribution in [1.29, 1.82) is 0 Å². The SMILES string of the molecule is CCCCCCc1cccc(C2=CC(CCCCC)=C(c3cccc(CCCCCC)c3)[N+]2=[N-])c1.CO.CO.[Ni]. The molecule has 0 unspecified atom stereocenters. The molecule has 0 saturated carbocycles. The first-order chi connectivity index (χ1) is 19.2. The molecular weight excluding hydrogens is 539 g/mol. The molecule has 0 spiro atoms. The Morgan fingerprint density at radius 3 is 1.57 bits per heavy atom. The topological polar surface area (TPSA) is 65.8 Å². The minimum atomic E-state index is 0. The van der Waals surface area contributed by atoms with Gasteiger partial charge in [0.1, 0.15) is 0 Å². The zero-order chi connectivity index (χ0) is 28.9. The molecule has 3 rings (SSSR count). The predicted molar refractivity (Wildman–Crippen MR) is 168 cm³/mol. The molecule has 5 heteroatoms. The van der Waals surface area contributed by atoms with Crippen LogP contribution in [0.15, 0.2) is 60.2 Å². The largest absolute Gasteiger partial charge is 0.493 e. The van der Waals surface area contributed by atoms with Crippen molar-refractivity contribution in [3.05, 3.63) is 88.0 Å². The third kappa shape index (κ3) is 12.6. The number of hydrogen-bond acceptors (Lipinski definition) is 2. The van der Waals surface area contributed by atoms with Gasteiger partial charge in [-0.2, -0.15) is 0 Å². The molecule has 0 fully saturated rings. The van der Waals surface area contributed by atoms with Gasteiger partial charge >= 0.3 is 0 Å². The van der Waals surface area contributed by atoms with E-state index in [1.807, 2.05) is 0 Å². The average molecular weight is 594 g/mol. The fourth-order valence-electron chi connectivity index (χ4n) is 5.09.